The Morgan fingerprint density at radius 3 is 1.20 bits per heavy atom. The van der Waals surface area contributed by atoms with E-state index in [1.54, 1.807) is 0 Å². The Bertz CT molecular complexity index is 4150. The Morgan fingerprint density at radius 2 is 0.778 bits per heavy atom. The van der Waals surface area contributed by atoms with Crippen LogP contribution >= 0.6 is 47.0 Å². The summed E-state index contributed by atoms with van der Waals surface area (Å²) in [5, 5.41) is 10.4. The van der Waals surface area contributed by atoms with Crippen molar-refractivity contribution in [3.05, 3.63) is 202 Å². The Labute approximate surface area is 521 Å². The second-order valence-electron chi connectivity index (χ2n) is 21.6. The van der Waals surface area contributed by atoms with Gasteiger partial charge in [-0.2, -0.15) is 74.4 Å². The van der Waals surface area contributed by atoms with Crippen molar-refractivity contribution in [1.82, 2.24) is 19.6 Å². The predicted molar refractivity (Wildman–Crippen MR) is 327 cm³/mol. The van der Waals surface area contributed by atoms with E-state index < -0.39 is 0 Å². The fourth-order valence-corrected chi connectivity index (χ4v) is 17.8. The molecule has 8 aromatic carbocycles. The summed E-state index contributed by atoms with van der Waals surface area (Å²) < 4.78 is 10.6. The largest absolute Gasteiger partial charge is 0.631 e. The minimum absolute atomic E-state index is 0. The summed E-state index contributed by atoms with van der Waals surface area (Å²) in [5.41, 5.74) is 28.2. The van der Waals surface area contributed by atoms with Gasteiger partial charge < -0.3 is 21.6 Å². The number of furan rings is 1. The number of hydrogen-bond donors (Lipinski definition) is 0. The van der Waals surface area contributed by atoms with Gasteiger partial charge in [0.25, 0.3) is 0 Å². The first-order valence-corrected chi connectivity index (χ1v) is 30.0. The molecule has 15 rings (SSSR count). The standard InChI is InChI=1S/C68H48B2N4OS4.2Pt/c1-35-25-37(3)63(38(4)26-35)65-41(7)71-73(43(65)9)48-19-23-57-52(32-48)69-50-29-45(17-21-55(50)76-59-13-11-15-61(78-57)67(59)69)47-31-54(75-34-47)46-18-22-56-51(30-46)70-53-33-49(20-24-58(53)79-62-16-12-14-60(77-56)68(62)70)74-44(10)66(42(8)72-74)64-39(5)27-36(2)28-40(64)6;;/h11-28H,1-10H3;;/q-6;;. The molecule has 5 nitrogen and oxygen atoms in total. The third-order valence-corrected chi connectivity index (χ3v) is 20.9. The van der Waals surface area contributed by atoms with Crippen LogP contribution in [0.4, 0.5) is 0 Å². The number of aromatic nitrogens is 4. The number of hydrogen-bond acceptors (Lipinski definition) is 7. The van der Waals surface area contributed by atoms with E-state index in [1.807, 2.05) is 47.0 Å². The first kappa shape index (κ1) is 54.6. The third-order valence-electron chi connectivity index (χ3n) is 16.3. The van der Waals surface area contributed by atoms with Gasteiger partial charge in [0.05, 0.1) is 11.4 Å². The zero-order chi connectivity index (χ0) is 53.9. The van der Waals surface area contributed by atoms with Gasteiger partial charge in [-0.25, -0.2) is 12.1 Å². The summed E-state index contributed by atoms with van der Waals surface area (Å²) >= 11 is 7.28. The molecule has 0 unspecified atom stereocenters. The molecule has 3 aromatic heterocycles. The quantitative estimate of drug-likeness (QED) is 0.121. The van der Waals surface area contributed by atoms with Crippen molar-refractivity contribution in [2.45, 2.75) is 108 Å². The molecule has 0 saturated heterocycles. The number of rotatable bonds is 6. The topological polar surface area (TPSA) is 48.8 Å². The molecule has 4 aliphatic rings. The normalized spacial score (nSPS) is 13.1. The Kier molecular flexibility index (Phi) is 13.9. The van der Waals surface area contributed by atoms with Crippen LogP contribution in [0, 0.1) is 106 Å². The van der Waals surface area contributed by atoms with E-state index in [0.717, 1.165) is 72.7 Å². The average Bonchev–Trinajstić information content (AvgIpc) is 4.26. The molecule has 0 spiro atoms. The van der Waals surface area contributed by atoms with Crippen LogP contribution in [0.3, 0.4) is 0 Å². The summed E-state index contributed by atoms with van der Waals surface area (Å²) in [6.45, 7) is 21.6. The van der Waals surface area contributed by atoms with Gasteiger partial charge in [-0.1, -0.05) is 63.1 Å². The van der Waals surface area contributed by atoms with Crippen molar-refractivity contribution >= 4 is 93.2 Å². The number of fused-ring (bicyclic) bond motifs is 8. The Balaban J connectivity index is 0.00000309. The Hall–Kier alpha value is -5.63. The van der Waals surface area contributed by atoms with Crippen molar-refractivity contribution in [3.63, 3.8) is 0 Å². The van der Waals surface area contributed by atoms with E-state index >= 15 is 0 Å². The molecular formula is C68H48B2N4OPt2S4-6. The third kappa shape index (κ3) is 8.72. The van der Waals surface area contributed by atoms with Gasteiger partial charge in [-0.3, -0.25) is 9.36 Å². The second-order valence-corrected chi connectivity index (χ2v) is 26.0. The molecule has 4 aliphatic heterocycles. The molecule has 0 N–H and O–H groups in total. The van der Waals surface area contributed by atoms with Crippen molar-refractivity contribution < 1.29 is 46.5 Å². The van der Waals surface area contributed by atoms with Gasteiger partial charge in [0, 0.05) is 64.6 Å². The number of nitrogens with zero attached hydrogens (tertiary/aromatic N) is 4. The maximum absolute atomic E-state index is 6.40. The molecule has 402 valence electrons. The molecule has 81 heavy (non-hydrogen) atoms. The van der Waals surface area contributed by atoms with Crippen LogP contribution in [0.2, 0.25) is 0 Å². The Morgan fingerprint density at radius 1 is 0.407 bits per heavy atom. The van der Waals surface area contributed by atoms with Crippen LogP contribution in [0.5, 0.6) is 0 Å². The summed E-state index contributed by atoms with van der Waals surface area (Å²) in [7, 11) is 0. The second kappa shape index (κ2) is 20.6. The molecular weight excluding hydrogens is 1430 g/mol. The molecule has 0 bridgehead atoms. The molecule has 0 fully saturated rings. The number of aryl methyl sites for hydroxylation is 8. The average molecular weight is 1480 g/mol. The molecule has 0 saturated carbocycles. The van der Waals surface area contributed by atoms with E-state index in [4.69, 9.17) is 14.6 Å². The molecule has 11 aromatic rings. The van der Waals surface area contributed by atoms with Gasteiger partial charge >= 0.3 is 0 Å². The number of benzene rings is 8. The van der Waals surface area contributed by atoms with Crippen molar-refractivity contribution in [2.24, 2.45) is 0 Å². The molecule has 7 heterocycles. The maximum atomic E-state index is 6.40. The molecule has 13 heteroatoms. The van der Waals surface area contributed by atoms with E-state index in [9.17, 15) is 0 Å². The molecule has 0 atom stereocenters. The molecule has 0 aliphatic carbocycles. The van der Waals surface area contributed by atoms with Crippen LogP contribution in [0.25, 0.3) is 56.1 Å². The zero-order valence-corrected chi connectivity index (χ0v) is 53.8. The van der Waals surface area contributed by atoms with Crippen LogP contribution in [-0.2, 0) is 42.1 Å². The van der Waals surface area contributed by atoms with E-state index in [1.165, 1.54) is 106 Å². The van der Waals surface area contributed by atoms with Crippen LogP contribution in [0.15, 0.2) is 153 Å². The monoisotopic (exact) mass is 1480 g/mol. The van der Waals surface area contributed by atoms with Crippen molar-refractivity contribution in [3.8, 4) is 56.1 Å². The maximum Gasteiger partial charge on any atom is 0.202 e. The van der Waals surface area contributed by atoms with Crippen molar-refractivity contribution in [2.75, 3.05) is 0 Å². The first-order chi connectivity index (χ1) is 38.2. The van der Waals surface area contributed by atoms with E-state index in [0.29, 0.717) is 5.76 Å². The fourth-order valence-electron chi connectivity index (χ4n) is 13.2. The van der Waals surface area contributed by atoms with Gasteiger partial charge in [0.2, 0.25) is 13.4 Å². The van der Waals surface area contributed by atoms with E-state index in [-0.39, 0.29) is 55.6 Å². The predicted octanol–water partition coefficient (Wildman–Crippen LogP) is 13.1. The van der Waals surface area contributed by atoms with E-state index in [2.05, 4.69) is 224 Å². The van der Waals surface area contributed by atoms with Gasteiger partial charge in [-0.05, 0) is 169 Å². The molecule has 0 amide bonds. The molecule has 0 radical (unpaired) electrons. The first-order valence-electron chi connectivity index (χ1n) is 26.7. The van der Waals surface area contributed by atoms with Crippen molar-refractivity contribution in [1.29, 1.82) is 0 Å². The van der Waals surface area contributed by atoms with Crippen LogP contribution in [-0.4, -0.2) is 33.0 Å². The smallest absolute Gasteiger partial charge is 0.202 e. The zero-order valence-electron chi connectivity index (χ0n) is 46.0. The summed E-state index contributed by atoms with van der Waals surface area (Å²) in [6.07, 6.45) is 3.27. The summed E-state index contributed by atoms with van der Waals surface area (Å²) in [6, 6.07) is 59.5. The van der Waals surface area contributed by atoms with Crippen LogP contribution in [0.1, 0.15) is 56.2 Å². The fraction of sp³-hybridized carbons (Fsp3) is 0.147. The minimum atomic E-state index is -0.0898. The van der Waals surface area contributed by atoms with Gasteiger partial charge in [0.1, 0.15) is 0 Å². The minimum Gasteiger partial charge on any atom is -0.631 e. The summed E-state index contributed by atoms with van der Waals surface area (Å²) in [4.78, 5) is 9.80. The van der Waals surface area contributed by atoms with Gasteiger partial charge in [-0.15, -0.1) is 87.0 Å². The van der Waals surface area contributed by atoms with Gasteiger partial charge in [0.15, 0.2) is 0 Å². The van der Waals surface area contributed by atoms with Crippen LogP contribution < -0.4 is 32.8 Å². The summed E-state index contributed by atoms with van der Waals surface area (Å²) in [5.74, 6) is 0.590. The SMILES string of the molecule is Cc1cc(C)c(-c2c(C)nn(-c3[c-]c4c(cc3)Sc3cccc5c3B4c3[c-]c(-c4[c-]oc(-c6[c-]c7c(cc6)Sc6cccc8c6B7c6[c-]c(-n7nc(C)c(-c9c(C)cc(C)cc9C)c7C)ccc6S8)[c-]4)ccc3S5)c2C)c(C)c1.[Pt].[Pt].